The van der Waals surface area contributed by atoms with Gasteiger partial charge >= 0.3 is 5.97 Å². The van der Waals surface area contributed by atoms with E-state index in [4.69, 9.17) is 10.2 Å². The summed E-state index contributed by atoms with van der Waals surface area (Å²) in [5, 5.41) is 20.9. The Morgan fingerprint density at radius 3 is 2.61 bits per heavy atom. The van der Waals surface area contributed by atoms with Crippen LogP contribution in [0.5, 0.6) is 0 Å². The first-order valence-corrected chi connectivity index (χ1v) is 9.04. The molecule has 0 fully saturated rings. The van der Waals surface area contributed by atoms with E-state index in [1.807, 2.05) is 13.8 Å². The molecule has 23 heavy (non-hydrogen) atoms. The highest BCUT2D eigenvalue weighted by molar-refractivity contribution is 7.89. The zero-order valence-electron chi connectivity index (χ0n) is 13.4. The van der Waals surface area contributed by atoms with Gasteiger partial charge in [-0.2, -0.15) is 0 Å². The third-order valence-electron chi connectivity index (χ3n) is 3.27. The van der Waals surface area contributed by atoms with Crippen LogP contribution in [0, 0.1) is 0 Å². The van der Waals surface area contributed by atoms with Crippen LogP contribution in [0.2, 0.25) is 0 Å². The van der Waals surface area contributed by atoms with Gasteiger partial charge in [0.2, 0.25) is 10.0 Å². The van der Waals surface area contributed by atoms with Gasteiger partial charge in [0.05, 0.1) is 11.3 Å². The number of carboxylic acid groups (broad SMARTS) is 1. The van der Waals surface area contributed by atoms with Crippen LogP contribution in [0.25, 0.3) is 0 Å². The van der Waals surface area contributed by atoms with Crippen molar-refractivity contribution in [2.75, 3.05) is 18.5 Å². The van der Waals surface area contributed by atoms with Gasteiger partial charge in [0.1, 0.15) is 4.90 Å². The molecule has 0 aliphatic rings. The lowest BCUT2D eigenvalue weighted by Gasteiger charge is -2.18. The highest BCUT2D eigenvalue weighted by Gasteiger charge is 2.21. The molecule has 0 saturated carbocycles. The number of aliphatic hydroxyl groups is 1. The van der Waals surface area contributed by atoms with Crippen LogP contribution in [0.4, 0.5) is 5.69 Å². The highest BCUT2D eigenvalue weighted by Crippen LogP contribution is 2.24. The van der Waals surface area contributed by atoms with Crippen LogP contribution in [0.3, 0.4) is 0 Å². The number of anilines is 1. The molecule has 0 saturated heterocycles. The van der Waals surface area contributed by atoms with Gasteiger partial charge in [0.15, 0.2) is 0 Å². The van der Waals surface area contributed by atoms with Crippen LogP contribution >= 0.6 is 0 Å². The van der Waals surface area contributed by atoms with E-state index in [-0.39, 0.29) is 36.1 Å². The van der Waals surface area contributed by atoms with Crippen molar-refractivity contribution in [3.63, 3.8) is 0 Å². The Balaban J connectivity index is 3.17. The van der Waals surface area contributed by atoms with Gasteiger partial charge in [-0.3, -0.25) is 0 Å². The fraction of sp³-hybridized carbons (Fsp3) is 0.533. The molecule has 1 atom stereocenters. The SMILES string of the molecule is CCC[C@@H](C)Nc1ccc(C(=O)O)cc1S(=O)(=O)NCCCO. The molecule has 4 N–H and O–H groups in total. The molecule has 130 valence electrons. The van der Waals surface area contributed by atoms with Gasteiger partial charge < -0.3 is 15.5 Å². The van der Waals surface area contributed by atoms with Crippen LogP contribution in [-0.4, -0.2) is 43.8 Å². The smallest absolute Gasteiger partial charge is 0.335 e. The van der Waals surface area contributed by atoms with Crippen LogP contribution in [0.15, 0.2) is 23.1 Å². The van der Waals surface area contributed by atoms with Gasteiger partial charge in [0.25, 0.3) is 0 Å². The van der Waals surface area contributed by atoms with E-state index in [1.54, 1.807) is 0 Å². The third kappa shape index (κ3) is 5.81. The summed E-state index contributed by atoms with van der Waals surface area (Å²) in [7, 11) is -3.87. The van der Waals surface area contributed by atoms with Crippen molar-refractivity contribution in [2.45, 2.75) is 44.0 Å². The largest absolute Gasteiger partial charge is 0.478 e. The Bertz CT molecular complexity index is 631. The van der Waals surface area contributed by atoms with E-state index in [1.165, 1.54) is 12.1 Å². The molecule has 0 aromatic heterocycles. The van der Waals surface area contributed by atoms with Crippen LogP contribution < -0.4 is 10.0 Å². The lowest BCUT2D eigenvalue weighted by Crippen LogP contribution is -2.27. The third-order valence-corrected chi connectivity index (χ3v) is 4.77. The molecule has 7 nitrogen and oxygen atoms in total. The summed E-state index contributed by atoms with van der Waals surface area (Å²) in [6.07, 6.45) is 2.09. The number of aliphatic hydroxyl groups excluding tert-OH is 1. The molecule has 0 bridgehead atoms. The minimum Gasteiger partial charge on any atom is -0.478 e. The minimum atomic E-state index is -3.87. The summed E-state index contributed by atoms with van der Waals surface area (Å²) in [5.74, 6) is -1.19. The van der Waals surface area contributed by atoms with Gasteiger partial charge in [-0.15, -0.1) is 0 Å². The highest BCUT2D eigenvalue weighted by atomic mass is 32.2. The lowest BCUT2D eigenvalue weighted by atomic mass is 10.1. The number of aromatic carboxylic acids is 1. The molecule has 1 aromatic rings. The summed E-state index contributed by atoms with van der Waals surface area (Å²) >= 11 is 0. The monoisotopic (exact) mass is 344 g/mol. The van der Waals surface area contributed by atoms with Crippen molar-refractivity contribution in [2.24, 2.45) is 0 Å². The second-order valence-electron chi connectivity index (χ2n) is 5.33. The molecule has 1 aromatic carbocycles. The number of carboxylic acids is 1. The van der Waals surface area contributed by atoms with E-state index in [2.05, 4.69) is 10.0 Å². The maximum atomic E-state index is 12.4. The maximum absolute atomic E-state index is 12.4. The van der Waals surface area contributed by atoms with E-state index in [0.29, 0.717) is 5.69 Å². The van der Waals surface area contributed by atoms with E-state index in [9.17, 15) is 13.2 Å². The first kappa shape index (κ1) is 19.4. The lowest BCUT2D eigenvalue weighted by molar-refractivity contribution is 0.0696. The minimum absolute atomic E-state index is 0.0575. The number of hydrogen-bond acceptors (Lipinski definition) is 5. The summed E-state index contributed by atoms with van der Waals surface area (Å²) in [5.41, 5.74) is 0.272. The molecule has 0 unspecified atom stereocenters. The van der Waals surface area contributed by atoms with Crippen molar-refractivity contribution in [3.05, 3.63) is 23.8 Å². The average molecular weight is 344 g/mol. The molecule has 0 spiro atoms. The number of sulfonamides is 1. The van der Waals surface area contributed by atoms with Crippen molar-refractivity contribution < 1.29 is 23.4 Å². The summed E-state index contributed by atoms with van der Waals surface area (Å²) < 4.78 is 27.2. The van der Waals surface area contributed by atoms with E-state index >= 15 is 0 Å². The topological polar surface area (TPSA) is 116 Å². The number of rotatable bonds is 10. The fourth-order valence-electron chi connectivity index (χ4n) is 2.13. The molecule has 8 heteroatoms. The van der Waals surface area contributed by atoms with Crippen molar-refractivity contribution >= 4 is 21.7 Å². The molecule has 1 rings (SSSR count). The molecular weight excluding hydrogens is 320 g/mol. The number of nitrogens with one attached hydrogen (secondary N) is 2. The standard InChI is InChI=1S/C15H24N2O5S/c1-3-5-11(2)17-13-7-6-12(15(19)20)10-14(13)23(21,22)16-8-4-9-18/h6-7,10-11,16-18H,3-5,8-9H2,1-2H3,(H,19,20)/t11-/m1/s1. The van der Waals surface area contributed by atoms with Gasteiger partial charge in [-0.25, -0.2) is 17.9 Å². The Morgan fingerprint density at radius 2 is 2.04 bits per heavy atom. The average Bonchev–Trinajstić information content (AvgIpc) is 2.47. The zero-order valence-corrected chi connectivity index (χ0v) is 14.2. The zero-order chi connectivity index (χ0) is 17.5. The molecule has 0 amide bonds. The Labute approximate surface area is 136 Å². The molecular formula is C15H24N2O5S. The molecule has 0 aliphatic carbocycles. The molecule has 0 heterocycles. The first-order chi connectivity index (χ1) is 10.8. The molecule has 0 aliphatic heterocycles. The van der Waals surface area contributed by atoms with Gasteiger partial charge in [0, 0.05) is 19.2 Å². The quantitative estimate of drug-likeness (QED) is 0.480. The summed E-state index contributed by atoms with van der Waals surface area (Å²) in [6, 6.07) is 4.04. The number of carbonyl (C=O) groups is 1. The van der Waals surface area contributed by atoms with Crippen molar-refractivity contribution in [3.8, 4) is 0 Å². The Morgan fingerprint density at radius 1 is 1.35 bits per heavy atom. The molecule has 0 radical (unpaired) electrons. The van der Waals surface area contributed by atoms with Crippen LogP contribution in [0.1, 0.15) is 43.5 Å². The van der Waals surface area contributed by atoms with Gasteiger partial charge in [-0.05, 0) is 38.0 Å². The second kappa shape index (κ2) is 8.85. The Hall–Kier alpha value is -1.64. The van der Waals surface area contributed by atoms with E-state index in [0.717, 1.165) is 18.9 Å². The fourth-order valence-corrected chi connectivity index (χ4v) is 3.40. The normalized spacial score (nSPS) is 12.8. The summed E-state index contributed by atoms with van der Waals surface area (Å²) in [6.45, 7) is 3.92. The predicted molar refractivity (Wildman–Crippen MR) is 88.3 cm³/mol. The van der Waals surface area contributed by atoms with E-state index < -0.39 is 16.0 Å². The second-order valence-corrected chi connectivity index (χ2v) is 7.06. The number of hydrogen-bond donors (Lipinski definition) is 4. The predicted octanol–water partition coefficient (Wildman–Crippen LogP) is 1.65. The van der Waals surface area contributed by atoms with Crippen LogP contribution in [-0.2, 0) is 10.0 Å². The van der Waals surface area contributed by atoms with Crippen molar-refractivity contribution in [1.82, 2.24) is 4.72 Å². The first-order valence-electron chi connectivity index (χ1n) is 7.56. The number of benzene rings is 1. The Kier molecular flexibility index (Phi) is 7.47. The summed E-state index contributed by atoms with van der Waals surface area (Å²) in [4.78, 5) is 11.0. The van der Waals surface area contributed by atoms with Crippen molar-refractivity contribution in [1.29, 1.82) is 0 Å². The maximum Gasteiger partial charge on any atom is 0.335 e. The van der Waals surface area contributed by atoms with Gasteiger partial charge in [-0.1, -0.05) is 13.3 Å².